The van der Waals surface area contributed by atoms with Crippen LogP contribution in [0.4, 0.5) is 5.69 Å². The molecule has 0 spiro atoms. The molecule has 0 aliphatic heterocycles. The lowest BCUT2D eigenvalue weighted by Crippen LogP contribution is -2.37. The van der Waals surface area contributed by atoms with Crippen molar-refractivity contribution in [2.75, 3.05) is 24.7 Å². The van der Waals surface area contributed by atoms with Crippen molar-refractivity contribution in [3.05, 3.63) is 42.5 Å². The predicted octanol–water partition coefficient (Wildman–Crippen LogP) is 1.38. The Labute approximate surface area is 114 Å². The van der Waals surface area contributed by atoms with Gasteiger partial charge < -0.3 is 5.32 Å². The number of amides is 1. The molecule has 0 bridgehead atoms. The van der Waals surface area contributed by atoms with Crippen molar-refractivity contribution in [3.8, 4) is 0 Å². The molecule has 0 aliphatic rings. The molecule has 6 heteroatoms. The summed E-state index contributed by atoms with van der Waals surface area (Å²) in [6.45, 7) is 5.28. The molecular formula is C13H18N2O3S. The van der Waals surface area contributed by atoms with Crippen LogP contribution in [0.1, 0.15) is 5.56 Å². The van der Waals surface area contributed by atoms with Gasteiger partial charge in [-0.15, -0.1) is 6.58 Å². The number of sulfonamides is 1. The highest BCUT2D eigenvalue weighted by Crippen LogP contribution is 2.09. The fourth-order valence-electron chi connectivity index (χ4n) is 1.54. The van der Waals surface area contributed by atoms with Gasteiger partial charge in [0.25, 0.3) is 0 Å². The first kappa shape index (κ1) is 15.4. The minimum atomic E-state index is -3.42. The van der Waals surface area contributed by atoms with Crippen LogP contribution in [0.2, 0.25) is 0 Å². The van der Waals surface area contributed by atoms with E-state index in [0.29, 0.717) is 5.69 Å². The van der Waals surface area contributed by atoms with E-state index in [1.807, 2.05) is 25.1 Å². The van der Waals surface area contributed by atoms with Gasteiger partial charge in [0, 0.05) is 12.2 Å². The summed E-state index contributed by atoms with van der Waals surface area (Å²) >= 11 is 0. The normalized spacial score (nSPS) is 11.3. The van der Waals surface area contributed by atoms with Crippen molar-refractivity contribution in [3.63, 3.8) is 0 Å². The number of rotatable bonds is 6. The second kappa shape index (κ2) is 6.49. The molecule has 19 heavy (non-hydrogen) atoms. The van der Waals surface area contributed by atoms with Crippen LogP contribution in [0.5, 0.6) is 0 Å². The summed E-state index contributed by atoms with van der Waals surface area (Å²) in [6, 6.07) is 7.30. The fraction of sp³-hybridized carbons (Fsp3) is 0.308. The van der Waals surface area contributed by atoms with Gasteiger partial charge in [0.05, 0.1) is 12.8 Å². The number of hydrogen-bond donors (Lipinski definition) is 1. The standard InChI is InChI=1S/C13H18N2O3S/c1-4-8-15(19(3,17)18)10-13(16)14-12-7-5-6-11(2)9-12/h4-7,9H,1,8,10H2,2-3H3,(H,14,16). The Hall–Kier alpha value is -1.66. The molecule has 0 aromatic heterocycles. The Balaban J connectivity index is 2.71. The first-order chi connectivity index (χ1) is 8.82. The van der Waals surface area contributed by atoms with E-state index >= 15 is 0 Å². The van der Waals surface area contributed by atoms with Gasteiger partial charge in [0.15, 0.2) is 0 Å². The highest BCUT2D eigenvalue weighted by atomic mass is 32.2. The van der Waals surface area contributed by atoms with E-state index in [1.54, 1.807) is 6.07 Å². The molecule has 0 atom stereocenters. The van der Waals surface area contributed by atoms with Crippen LogP contribution < -0.4 is 5.32 Å². The van der Waals surface area contributed by atoms with Gasteiger partial charge in [-0.1, -0.05) is 18.2 Å². The van der Waals surface area contributed by atoms with Crippen LogP contribution in [0.3, 0.4) is 0 Å². The first-order valence-corrected chi connectivity index (χ1v) is 7.60. The van der Waals surface area contributed by atoms with E-state index in [9.17, 15) is 13.2 Å². The van der Waals surface area contributed by atoms with Crippen molar-refractivity contribution < 1.29 is 13.2 Å². The zero-order valence-electron chi connectivity index (χ0n) is 11.1. The fourth-order valence-corrected chi connectivity index (χ4v) is 2.27. The average molecular weight is 282 g/mol. The van der Waals surface area contributed by atoms with E-state index in [1.165, 1.54) is 6.08 Å². The molecule has 0 aliphatic carbocycles. The first-order valence-electron chi connectivity index (χ1n) is 5.75. The summed E-state index contributed by atoms with van der Waals surface area (Å²) in [5.41, 5.74) is 1.67. The summed E-state index contributed by atoms with van der Waals surface area (Å²) in [7, 11) is -3.42. The molecule has 104 valence electrons. The summed E-state index contributed by atoms with van der Waals surface area (Å²) < 4.78 is 24.0. The van der Waals surface area contributed by atoms with Crippen LogP contribution in [0.25, 0.3) is 0 Å². The Bertz CT molecular complexity index is 567. The molecule has 5 nitrogen and oxygen atoms in total. The van der Waals surface area contributed by atoms with E-state index in [-0.39, 0.29) is 19.0 Å². The maximum absolute atomic E-state index is 11.8. The van der Waals surface area contributed by atoms with Crippen LogP contribution in [0, 0.1) is 6.92 Å². The van der Waals surface area contributed by atoms with Gasteiger partial charge >= 0.3 is 0 Å². The molecule has 1 N–H and O–H groups in total. The monoisotopic (exact) mass is 282 g/mol. The molecule has 1 aromatic carbocycles. The molecule has 1 aromatic rings. The summed E-state index contributed by atoms with van der Waals surface area (Å²) in [6.07, 6.45) is 2.51. The molecule has 0 saturated carbocycles. The average Bonchev–Trinajstić information content (AvgIpc) is 2.27. The third-order valence-electron chi connectivity index (χ3n) is 2.42. The highest BCUT2D eigenvalue weighted by Gasteiger charge is 2.18. The molecule has 0 heterocycles. The van der Waals surface area contributed by atoms with Crippen LogP contribution >= 0.6 is 0 Å². The largest absolute Gasteiger partial charge is 0.325 e. The number of anilines is 1. The van der Waals surface area contributed by atoms with Crippen molar-refractivity contribution in [2.24, 2.45) is 0 Å². The lowest BCUT2D eigenvalue weighted by molar-refractivity contribution is -0.116. The molecule has 1 rings (SSSR count). The number of nitrogens with zero attached hydrogens (tertiary/aromatic N) is 1. The lowest BCUT2D eigenvalue weighted by Gasteiger charge is -2.17. The number of carbonyl (C=O) groups excluding carboxylic acids is 1. The lowest BCUT2D eigenvalue weighted by atomic mass is 10.2. The summed E-state index contributed by atoms with van der Waals surface area (Å²) in [5, 5.41) is 2.66. The van der Waals surface area contributed by atoms with Crippen molar-refractivity contribution in [1.29, 1.82) is 0 Å². The number of hydrogen-bond acceptors (Lipinski definition) is 3. The third kappa shape index (κ3) is 5.23. The summed E-state index contributed by atoms with van der Waals surface area (Å²) in [4.78, 5) is 11.8. The second-order valence-electron chi connectivity index (χ2n) is 4.26. The molecular weight excluding hydrogens is 264 g/mol. The quantitative estimate of drug-likeness (QED) is 0.802. The Kier molecular flexibility index (Phi) is 5.26. The number of benzene rings is 1. The van der Waals surface area contributed by atoms with Gasteiger partial charge in [0.2, 0.25) is 15.9 Å². The van der Waals surface area contributed by atoms with Gasteiger partial charge in [-0.25, -0.2) is 8.42 Å². The van der Waals surface area contributed by atoms with Crippen LogP contribution in [-0.2, 0) is 14.8 Å². The zero-order chi connectivity index (χ0) is 14.5. The van der Waals surface area contributed by atoms with Gasteiger partial charge in [-0.3, -0.25) is 4.79 Å². The SMILES string of the molecule is C=CCN(CC(=O)Nc1cccc(C)c1)S(C)(=O)=O. The van der Waals surface area contributed by atoms with E-state index < -0.39 is 10.0 Å². The summed E-state index contributed by atoms with van der Waals surface area (Å²) in [5.74, 6) is -0.377. The van der Waals surface area contributed by atoms with Gasteiger partial charge in [-0.2, -0.15) is 4.31 Å². The Morgan fingerprint density at radius 1 is 1.47 bits per heavy atom. The molecule has 0 unspecified atom stereocenters. The van der Waals surface area contributed by atoms with Crippen molar-refractivity contribution in [1.82, 2.24) is 4.31 Å². The van der Waals surface area contributed by atoms with Crippen molar-refractivity contribution >= 4 is 21.6 Å². The predicted molar refractivity (Wildman–Crippen MR) is 76.4 cm³/mol. The smallest absolute Gasteiger partial charge is 0.239 e. The minimum absolute atomic E-state index is 0.111. The van der Waals surface area contributed by atoms with Crippen LogP contribution in [-0.4, -0.2) is 38.0 Å². The Morgan fingerprint density at radius 3 is 2.68 bits per heavy atom. The topological polar surface area (TPSA) is 66.5 Å². The van der Waals surface area contributed by atoms with Gasteiger partial charge in [-0.05, 0) is 24.6 Å². The minimum Gasteiger partial charge on any atom is -0.325 e. The van der Waals surface area contributed by atoms with Gasteiger partial charge in [0.1, 0.15) is 0 Å². The molecule has 0 fully saturated rings. The highest BCUT2D eigenvalue weighted by molar-refractivity contribution is 7.88. The van der Waals surface area contributed by atoms with E-state index in [0.717, 1.165) is 16.1 Å². The van der Waals surface area contributed by atoms with E-state index in [4.69, 9.17) is 0 Å². The maximum atomic E-state index is 11.8. The van der Waals surface area contributed by atoms with Crippen LogP contribution in [0.15, 0.2) is 36.9 Å². The number of carbonyl (C=O) groups is 1. The second-order valence-corrected chi connectivity index (χ2v) is 6.24. The number of nitrogens with one attached hydrogen (secondary N) is 1. The third-order valence-corrected chi connectivity index (χ3v) is 3.64. The molecule has 1 amide bonds. The zero-order valence-corrected chi connectivity index (χ0v) is 11.9. The maximum Gasteiger partial charge on any atom is 0.239 e. The molecule has 0 saturated heterocycles. The van der Waals surface area contributed by atoms with Crippen molar-refractivity contribution in [2.45, 2.75) is 6.92 Å². The number of aryl methyl sites for hydroxylation is 1. The Morgan fingerprint density at radius 2 is 2.16 bits per heavy atom. The molecule has 0 radical (unpaired) electrons. The van der Waals surface area contributed by atoms with E-state index in [2.05, 4.69) is 11.9 Å².